The van der Waals surface area contributed by atoms with Gasteiger partial charge in [-0.2, -0.15) is 0 Å². The minimum absolute atomic E-state index is 0.755. The first-order chi connectivity index (χ1) is 5.39. The molecular formula is C6H18O4P2. The van der Waals surface area contributed by atoms with Crippen LogP contribution in [-0.2, 0) is 8.88 Å². The van der Waals surface area contributed by atoms with Crippen molar-refractivity contribution in [2.45, 2.75) is 20.8 Å². The first-order valence-corrected chi connectivity index (χ1v) is 8.21. The molecule has 0 rings (SSSR count). The van der Waals surface area contributed by atoms with E-state index in [2.05, 4.69) is 0 Å². The number of phosphoric acid groups is 1. The monoisotopic (exact) mass is 216 g/mol. The van der Waals surface area contributed by atoms with Crippen molar-refractivity contribution in [3.8, 4) is 0 Å². The standard InChI is InChI=1S/C6H18O4P2/c1-4-11(5-2,6-3)10-12(7,8)9/h11H,4-6H2,1-3H3,(H2,7,8,9). The van der Waals surface area contributed by atoms with Crippen LogP contribution in [0, 0.1) is 0 Å². The molecule has 4 nitrogen and oxygen atoms in total. The van der Waals surface area contributed by atoms with E-state index >= 15 is 0 Å². The molecule has 0 aliphatic heterocycles. The van der Waals surface area contributed by atoms with Crippen LogP contribution in [0.25, 0.3) is 0 Å². The Morgan fingerprint density at radius 1 is 1.17 bits per heavy atom. The summed E-state index contributed by atoms with van der Waals surface area (Å²) in [7, 11) is -6.39. The third-order valence-electron chi connectivity index (χ3n) is 2.25. The molecule has 6 heteroatoms. The van der Waals surface area contributed by atoms with Crippen LogP contribution in [0.4, 0.5) is 0 Å². The van der Waals surface area contributed by atoms with Crippen LogP contribution in [0.3, 0.4) is 0 Å². The predicted octanol–water partition coefficient (Wildman–Crippen LogP) is 1.82. The Morgan fingerprint density at radius 3 is 1.58 bits per heavy atom. The third kappa shape index (κ3) is 3.97. The van der Waals surface area contributed by atoms with Gasteiger partial charge in [-0.1, -0.05) is 0 Å². The normalized spacial score (nSPS) is 14.8. The zero-order chi connectivity index (χ0) is 9.83. The van der Waals surface area contributed by atoms with Crippen LogP contribution in [0.1, 0.15) is 20.8 Å². The van der Waals surface area contributed by atoms with Gasteiger partial charge in [0.1, 0.15) is 0 Å². The first kappa shape index (κ1) is 12.5. The Kier molecular flexibility index (Phi) is 4.90. The molecule has 0 aliphatic rings. The van der Waals surface area contributed by atoms with Gasteiger partial charge in [0.15, 0.2) is 0 Å². The average molecular weight is 216 g/mol. The fraction of sp³-hybridized carbons (Fsp3) is 1.00. The minimum atomic E-state index is -4.28. The van der Waals surface area contributed by atoms with E-state index in [9.17, 15) is 4.57 Å². The molecule has 0 unspecified atom stereocenters. The van der Waals surface area contributed by atoms with Crippen molar-refractivity contribution in [3.05, 3.63) is 0 Å². The van der Waals surface area contributed by atoms with Crippen molar-refractivity contribution in [2.75, 3.05) is 18.5 Å². The zero-order valence-corrected chi connectivity index (χ0v) is 9.67. The summed E-state index contributed by atoms with van der Waals surface area (Å²) in [5.74, 6) is 0. The molecular weight excluding hydrogens is 198 g/mol. The molecule has 0 amide bonds. The van der Waals surface area contributed by atoms with Crippen molar-refractivity contribution in [1.82, 2.24) is 0 Å². The second-order valence-corrected chi connectivity index (χ2v) is 9.02. The van der Waals surface area contributed by atoms with Crippen molar-refractivity contribution >= 4 is 15.3 Å². The van der Waals surface area contributed by atoms with Gasteiger partial charge in [0.05, 0.1) is 0 Å². The van der Waals surface area contributed by atoms with Crippen molar-refractivity contribution < 1.29 is 18.7 Å². The number of hydrogen-bond acceptors (Lipinski definition) is 2. The Labute approximate surface area is 74.0 Å². The molecule has 12 heavy (non-hydrogen) atoms. The number of hydrogen-bond donors (Lipinski definition) is 2. The van der Waals surface area contributed by atoms with Gasteiger partial charge in [0, 0.05) is 0 Å². The van der Waals surface area contributed by atoms with Crippen LogP contribution >= 0.6 is 15.3 Å². The fourth-order valence-electron chi connectivity index (χ4n) is 1.20. The van der Waals surface area contributed by atoms with Gasteiger partial charge in [-0.25, -0.2) is 0 Å². The zero-order valence-electron chi connectivity index (χ0n) is 7.78. The van der Waals surface area contributed by atoms with Crippen molar-refractivity contribution in [1.29, 1.82) is 0 Å². The molecule has 0 fully saturated rings. The molecule has 0 aromatic heterocycles. The first-order valence-electron chi connectivity index (χ1n) is 4.15. The molecule has 2 N–H and O–H groups in total. The Balaban J connectivity index is 4.41. The molecule has 0 saturated carbocycles. The van der Waals surface area contributed by atoms with E-state index in [-0.39, 0.29) is 0 Å². The topological polar surface area (TPSA) is 66.8 Å². The predicted molar refractivity (Wildman–Crippen MR) is 53.1 cm³/mol. The molecule has 0 bridgehead atoms. The van der Waals surface area contributed by atoms with Crippen molar-refractivity contribution in [2.24, 2.45) is 0 Å². The summed E-state index contributed by atoms with van der Waals surface area (Å²) < 4.78 is 15.5. The molecule has 0 spiro atoms. The van der Waals surface area contributed by atoms with Crippen molar-refractivity contribution in [3.63, 3.8) is 0 Å². The van der Waals surface area contributed by atoms with Crippen LogP contribution in [-0.4, -0.2) is 28.3 Å². The van der Waals surface area contributed by atoms with E-state index in [0.29, 0.717) is 0 Å². The maximum atomic E-state index is 10.6. The Bertz CT molecular complexity index is 164. The SMILES string of the molecule is CC[PH](CC)(CC)OP(=O)(O)O. The van der Waals surface area contributed by atoms with E-state index in [0.717, 1.165) is 18.5 Å². The van der Waals surface area contributed by atoms with Gasteiger partial charge < -0.3 is 0 Å². The molecule has 0 heterocycles. The molecule has 0 aliphatic carbocycles. The van der Waals surface area contributed by atoms with E-state index < -0.39 is 15.3 Å². The summed E-state index contributed by atoms with van der Waals surface area (Å²) in [4.78, 5) is 17.3. The van der Waals surface area contributed by atoms with Crippen LogP contribution in [0.5, 0.6) is 0 Å². The summed E-state index contributed by atoms with van der Waals surface area (Å²) >= 11 is 0. The maximum absolute atomic E-state index is 10.6. The summed E-state index contributed by atoms with van der Waals surface area (Å²) in [6, 6.07) is 0. The summed E-state index contributed by atoms with van der Waals surface area (Å²) in [5.41, 5.74) is 0. The van der Waals surface area contributed by atoms with Gasteiger partial charge in [-0.05, 0) is 0 Å². The van der Waals surface area contributed by atoms with Crippen LogP contribution in [0.15, 0.2) is 0 Å². The molecule has 0 aromatic rings. The molecule has 0 radical (unpaired) electrons. The van der Waals surface area contributed by atoms with E-state index in [1.54, 1.807) is 0 Å². The second-order valence-electron chi connectivity index (χ2n) is 2.83. The van der Waals surface area contributed by atoms with E-state index in [1.807, 2.05) is 20.8 Å². The van der Waals surface area contributed by atoms with Gasteiger partial charge in [0.2, 0.25) is 0 Å². The third-order valence-corrected chi connectivity index (χ3v) is 8.61. The fourth-order valence-corrected chi connectivity index (χ4v) is 6.26. The molecule has 0 saturated heterocycles. The summed E-state index contributed by atoms with van der Waals surface area (Å²) in [6.07, 6.45) is 2.27. The molecule has 0 atom stereocenters. The van der Waals surface area contributed by atoms with E-state index in [4.69, 9.17) is 14.1 Å². The van der Waals surface area contributed by atoms with Gasteiger partial charge in [-0.15, -0.1) is 0 Å². The van der Waals surface area contributed by atoms with Gasteiger partial charge in [0.25, 0.3) is 0 Å². The summed E-state index contributed by atoms with van der Waals surface area (Å²) in [5, 5.41) is 0. The average Bonchev–Trinajstić information content (AvgIpc) is 1.99. The van der Waals surface area contributed by atoms with Crippen LogP contribution in [0.2, 0.25) is 0 Å². The van der Waals surface area contributed by atoms with E-state index in [1.165, 1.54) is 0 Å². The molecule has 0 aromatic carbocycles. The molecule has 76 valence electrons. The van der Waals surface area contributed by atoms with Gasteiger partial charge >= 0.3 is 73.2 Å². The Hall–Kier alpha value is 0.540. The quantitative estimate of drug-likeness (QED) is 0.688. The second kappa shape index (κ2) is 4.69. The summed E-state index contributed by atoms with van der Waals surface area (Å²) in [6.45, 7) is 5.78. The Morgan fingerprint density at radius 2 is 1.50 bits per heavy atom. The van der Waals surface area contributed by atoms with Gasteiger partial charge in [-0.3, -0.25) is 0 Å². The number of rotatable bonds is 5. The van der Waals surface area contributed by atoms with Crippen LogP contribution < -0.4 is 0 Å².